The smallest absolute Gasteiger partial charge is 0.156 e. The molecule has 92 valence electrons. The number of ether oxygens (including phenoxy) is 1. The Labute approximate surface area is 102 Å². The molecule has 2 aliphatic rings. The summed E-state index contributed by atoms with van der Waals surface area (Å²) < 4.78 is 5.36. The Hall–Kier alpha value is -0.220. The van der Waals surface area contributed by atoms with E-state index in [2.05, 4.69) is 24.2 Å². The first-order valence-corrected chi connectivity index (χ1v) is 7.13. The Kier molecular flexibility index (Phi) is 4.14. The fourth-order valence-corrected chi connectivity index (χ4v) is 2.89. The molecule has 4 heteroatoms. The number of nitrogens with zero attached hydrogens (tertiary/aromatic N) is 1. The standard InChI is InChI=1S/C12H22N2OS/c1-12(2)8-14-11(16-9-12)13-7-10-3-5-15-6-4-10/h10H,3-9H2,1-2H3,(H,13,14). The van der Waals surface area contributed by atoms with Gasteiger partial charge >= 0.3 is 0 Å². The maximum atomic E-state index is 5.36. The lowest BCUT2D eigenvalue weighted by atomic mass is 9.97. The van der Waals surface area contributed by atoms with Gasteiger partial charge < -0.3 is 10.1 Å². The van der Waals surface area contributed by atoms with Crippen LogP contribution in [0.2, 0.25) is 0 Å². The second kappa shape index (κ2) is 5.41. The zero-order chi connectivity index (χ0) is 11.4. The Morgan fingerprint density at radius 3 is 2.81 bits per heavy atom. The van der Waals surface area contributed by atoms with Crippen LogP contribution < -0.4 is 5.32 Å². The number of hydrogen-bond acceptors (Lipinski definition) is 4. The molecule has 0 bridgehead atoms. The number of amidine groups is 1. The molecule has 0 saturated carbocycles. The van der Waals surface area contributed by atoms with Gasteiger partial charge in [-0.2, -0.15) is 0 Å². The summed E-state index contributed by atoms with van der Waals surface area (Å²) in [4.78, 5) is 4.60. The summed E-state index contributed by atoms with van der Waals surface area (Å²) in [6.45, 7) is 8.43. The van der Waals surface area contributed by atoms with Gasteiger partial charge in [-0.3, -0.25) is 4.99 Å². The van der Waals surface area contributed by atoms with Crippen LogP contribution in [0.5, 0.6) is 0 Å². The largest absolute Gasteiger partial charge is 0.381 e. The highest BCUT2D eigenvalue weighted by atomic mass is 32.2. The molecule has 0 radical (unpaired) electrons. The third kappa shape index (κ3) is 3.67. The van der Waals surface area contributed by atoms with E-state index in [-0.39, 0.29) is 0 Å². The molecule has 0 amide bonds. The molecule has 0 aromatic heterocycles. The van der Waals surface area contributed by atoms with Crippen LogP contribution in [0.25, 0.3) is 0 Å². The predicted octanol–water partition coefficient (Wildman–Crippen LogP) is 2.13. The van der Waals surface area contributed by atoms with Gasteiger partial charge in [0.05, 0.1) is 0 Å². The Bertz CT molecular complexity index is 260. The van der Waals surface area contributed by atoms with E-state index in [1.807, 2.05) is 11.8 Å². The van der Waals surface area contributed by atoms with Crippen LogP contribution in [0.4, 0.5) is 0 Å². The van der Waals surface area contributed by atoms with Gasteiger partial charge in [0.1, 0.15) is 0 Å². The van der Waals surface area contributed by atoms with E-state index in [4.69, 9.17) is 4.74 Å². The molecule has 0 aliphatic carbocycles. The first-order chi connectivity index (χ1) is 7.66. The van der Waals surface area contributed by atoms with Crippen molar-refractivity contribution in [2.45, 2.75) is 26.7 Å². The molecular formula is C12H22N2OS. The minimum Gasteiger partial charge on any atom is -0.381 e. The summed E-state index contributed by atoms with van der Waals surface area (Å²) >= 11 is 1.87. The number of rotatable bonds is 2. The molecule has 2 heterocycles. The highest BCUT2D eigenvalue weighted by molar-refractivity contribution is 8.13. The molecule has 0 unspecified atom stereocenters. The summed E-state index contributed by atoms with van der Waals surface area (Å²) in [7, 11) is 0. The number of aliphatic imine (C=N–C) groups is 1. The third-order valence-electron chi connectivity index (χ3n) is 3.13. The highest BCUT2D eigenvalue weighted by Gasteiger charge is 2.23. The van der Waals surface area contributed by atoms with Crippen molar-refractivity contribution in [3.8, 4) is 0 Å². The normalized spacial score (nSPS) is 26.2. The van der Waals surface area contributed by atoms with Gasteiger partial charge in [0, 0.05) is 32.1 Å². The molecule has 2 aliphatic heterocycles. The molecule has 3 nitrogen and oxygen atoms in total. The van der Waals surface area contributed by atoms with E-state index in [9.17, 15) is 0 Å². The Morgan fingerprint density at radius 1 is 1.44 bits per heavy atom. The van der Waals surface area contributed by atoms with Crippen LogP contribution in [-0.4, -0.2) is 37.2 Å². The van der Waals surface area contributed by atoms with E-state index in [0.717, 1.165) is 37.4 Å². The molecule has 0 aromatic carbocycles. The topological polar surface area (TPSA) is 33.6 Å². The molecular weight excluding hydrogens is 220 g/mol. The van der Waals surface area contributed by atoms with Gasteiger partial charge in [0.2, 0.25) is 0 Å². The van der Waals surface area contributed by atoms with Crippen molar-refractivity contribution in [1.29, 1.82) is 0 Å². The maximum absolute atomic E-state index is 5.36. The van der Waals surface area contributed by atoms with E-state index in [1.54, 1.807) is 0 Å². The monoisotopic (exact) mass is 242 g/mol. The summed E-state index contributed by atoms with van der Waals surface area (Å²) in [5.74, 6) is 1.94. The van der Waals surface area contributed by atoms with Crippen molar-refractivity contribution >= 4 is 16.9 Å². The Balaban J connectivity index is 1.72. The maximum Gasteiger partial charge on any atom is 0.156 e. The third-order valence-corrected chi connectivity index (χ3v) is 4.61. The van der Waals surface area contributed by atoms with Crippen molar-refractivity contribution in [1.82, 2.24) is 5.32 Å². The van der Waals surface area contributed by atoms with Crippen LogP contribution in [-0.2, 0) is 4.74 Å². The van der Waals surface area contributed by atoms with Crippen molar-refractivity contribution in [3.05, 3.63) is 0 Å². The van der Waals surface area contributed by atoms with Crippen LogP contribution in [0, 0.1) is 11.3 Å². The number of thioether (sulfide) groups is 1. The number of nitrogens with one attached hydrogen (secondary N) is 1. The average Bonchev–Trinajstić information content (AvgIpc) is 2.29. The molecule has 2 rings (SSSR count). The summed E-state index contributed by atoms with van der Waals surface area (Å²) in [6.07, 6.45) is 2.38. The number of hydrogen-bond donors (Lipinski definition) is 1. The van der Waals surface area contributed by atoms with Gasteiger partial charge in [0.15, 0.2) is 5.17 Å². The van der Waals surface area contributed by atoms with Gasteiger partial charge in [-0.15, -0.1) is 0 Å². The van der Waals surface area contributed by atoms with Crippen molar-refractivity contribution in [2.75, 3.05) is 32.1 Å². The van der Waals surface area contributed by atoms with Crippen LogP contribution in [0.3, 0.4) is 0 Å². The lowest BCUT2D eigenvalue weighted by molar-refractivity contribution is 0.0676. The molecule has 0 atom stereocenters. The molecule has 0 spiro atoms. The zero-order valence-corrected chi connectivity index (χ0v) is 11.1. The molecule has 1 fully saturated rings. The fraction of sp³-hybridized carbons (Fsp3) is 0.917. The van der Waals surface area contributed by atoms with E-state index >= 15 is 0 Å². The summed E-state index contributed by atoms with van der Waals surface area (Å²) in [5.41, 5.74) is 0.370. The summed E-state index contributed by atoms with van der Waals surface area (Å²) in [5, 5.41) is 4.63. The minimum absolute atomic E-state index is 0.370. The van der Waals surface area contributed by atoms with Crippen molar-refractivity contribution < 1.29 is 4.74 Å². The minimum atomic E-state index is 0.370. The van der Waals surface area contributed by atoms with E-state index < -0.39 is 0 Å². The second-order valence-electron chi connectivity index (χ2n) is 5.51. The van der Waals surface area contributed by atoms with Gasteiger partial charge in [0.25, 0.3) is 0 Å². The van der Waals surface area contributed by atoms with Gasteiger partial charge in [-0.1, -0.05) is 25.6 Å². The van der Waals surface area contributed by atoms with Crippen LogP contribution >= 0.6 is 11.8 Å². The predicted molar refractivity (Wildman–Crippen MR) is 70.1 cm³/mol. The second-order valence-corrected chi connectivity index (χ2v) is 6.47. The van der Waals surface area contributed by atoms with Gasteiger partial charge in [-0.25, -0.2) is 0 Å². The molecule has 1 saturated heterocycles. The lowest BCUT2D eigenvalue weighted by Crippen LogP contribution is -2.35. The lowest BCUT2D eigenvalue weighted by Gasteiger charge is -2.28. The fourth-order valence-electron chi connectivity index (χ4n) is 1.93. The SMILES string of the molecule is CC1(C)CN=C(NCC2CCOCC2)SC1. The molecule has 0 aromatic rings. The van der Waals surface area contributed by atoms with Crippen molar-refractivity contribution in [3.63, 3.8) is 0 Å². The zero-order valence-electron chi connectivity index (χ0n) is 10.3. The van der Waals surface area contributed by atoms with E-state index in [0.29, 0.717) is 5.41 Å². The van der Waals surface area contributed by atoms with E-state index in [1.165, 1.54) is 18.6 Å². The van der Waals surface area contributed by atoms with Crippen LogP contribution in [0.15, 0.2) is 4.99 Å². The quantitative estimate of drug-likeness (QED) is 0.805. The average molecular weight is 242 g/mol. The first kappa shape index (κ1) is 12.2. The molecule has 16 heavy (non-hydrogen) atoms. The summed E-state index contributed by atoms with van der Waals surface area (Å²) in [6, 6.07) is 0. The van der Waals surface area contributed by atoms with Gasteiger partial charge in [-0.05, 0) is 24.2 Å². The first-order valence-electron chi connectivity index (χ1n) is 6.15. The molecule has 1 N–H and O–H groups in total. The Morgan fingerprint density at radius 2 is 2.19 bits per heavy atom. The van der Waals surface area contributed by atoms with Crippen LogP contribution in [0.1, 0.15) is 26.7 Å². The highest BCUT2D eigenvalue weighted by Crippen LogP contribution is 2.27. The van der Waals surface area contributed by atoms with Crippen molar-refractivity contribution in [2.24, 2.45) is 16.3 Å².